The molecule has 2 heterocycles. The van der Waals surface area contributed by atoms with Gasteiger partial charge < -0.3 is 14.7 Å². The molecular weight excluding hydrogens is 527 g/mol. The Morgan fingerprint density at radius 1 is 0.857 bits per heavy atom. The van der Waals surface area contributed by atoms with Gasteiger partial charge in [-0.3, -0.25) is 9.69 Å². The maximum absolute atomic E-state index is 14.1. The number of halogens is 1. The lowest BCUT2D eigenvalue weighted by atomic mass is 9.88. The number of carbonyl (C=O) groups excluding carboxylic acids is 1. The van der Waals surface area contributed by atoms with Crippen LogP contribution in [0.1, 0.15) is 34.2 Å². The van der Waals surface area contributed by atoms with Crippen LogP contribution in [0.25, 0.3) is 17.2 Å². The molecule has 0 bridgehead atoms. The van der Waals surface area contributed by atoms with Crippen LogP contribution in [-0.4, -0.2) is 53.6 Å². The van der Waals surface area contributed by atoms with Gasteiger partial charge in [0.05, 0.1) is 6.61 Å². The van der Waals surface area contributed by atoms with E-state index in [0.717, 1.165) is 53.0 Å². The largest absolute Gasteiger partial charge is 0.508 e. The lowest BCUT2D eigenvalue weighted by molar-refractivity contribution is -0.127. The molecule has 4 aromatic carbocycles. The number of benzene rings is 4. The first-order valence-electron chi connectivity index (χ1n) is 14.3. The predicted molar refractivity (Wildman–Crippen MR) is 164 cm³/mol. The lowest BCUT2D eigenvalue weighted by Gasteiger charge is -2.34. The second-order valence-corrected chi connectivity index (χ2v) is 10.7. The molecule has 2 aliphatic heterocycles. The van der Waals surface area contributed by atoms with Gasteiger partial charge in [-0.2, -0.15) is 0 Å². The molecule has 6 heteroatoms. The van der Waals surface area contributed by atoms with Gasteiger partial charge in [0.25, 0.3) is 0 Å². The van der Waals surface area contributed by atoms with Gasteiger partial charge in [-0.25, -0.2) is 4.39 Å². The Morgan fingerprint density at radius 2 is 1.57 bits per heavy atom. The molecule has 0 unspecified atom stereocenters. The van der Waals surface area contributed by atoms with Gasteiger partial charge in [-0.1, -0.05) is 66.7 Å². The van der Waals surface area contributed by atoms with Gasteiger partial charge in [-0.15, -0.1) is 0 Å². The number of rotatable bonds is 6. The summed E-state index contributed by atoms with van der Waals surface area (Å²) in [5.41, 5.74) is 7.00. The van der Waals surface area contributed by atoms with Crippen LogP contribution in [0.15, 0.2) is 103 Å². The Kier molecular flexibility index (Phi) is 8.15. The van der Waals surface area contributed by atoms with Crippen molar-refractivity contribution in [2.45, 2.75) is 13.0 Å². The van der Waals surface area contributed by atoms with Gasteiger partial charge in [0.2, 0.25) is 5.91 Å². The Morgan fingerprint density at radius 3 is 2.31 bits per heavy atom. The maximum Gasteiger partial charge on any atom is 0.246 e. The van der Waals surface area contributed by atoms with Crippen molar-refractivity contribution in [3.63, 3.8) is 0 Å². The van der Waals surface area contributed by atoms with E-state index in [1.54, 1.807) is 24.3 Å². The molecule has 5 nitrogen and oxygen atoms in total. The van der Waals surface area contributed by atoms with E-state index in [4.69, 9.17) is 4.74 Å². The average molecular weight is 561 g/mol. The van der Waals surface area contributed by atoms with Crippen LogP contribution in [0, 0.1) is 5.82 Å². The highest BCUT2D eigenvalue weighted by Gasteiger charge is 2.22. The fraction of sp³-hybridized carbons (Fsp3) is 0.194. The van der Waals surface area contributed by atoms with Crippen LogP contribution in [0.5, 0.6) is 11.5 Å². The van der Waals surface area contributed by atoms with Gasteiger partial charge >= 0.3 is 0 Å². The highest BCUT2D eigenvalue weighted by Crippen LogP contribution is 2.41. The second-order valence-electron chi connectivity index (χ2n) is 10.7. The summed E-state index contributed by atoms with van der Waals surface area (Å²) in [7, 11) is 0. The van der Waals surface area contributed by atoms with E-state index in [0.29, 0.717) is 31.9 Å². The third-order valence-electron chi connectivity index (χ3n) is 7.89. The normalized spacial score (nSPS) is 15.8. The molecule has 0 spiro atoms. The number of ether oxygens (including phenoxy) is 1. The van der Waals surface area contributed by atoms with Crippen LogP contribution < -0.4 is 4.74 Å². The Hall–Kier alpha value is -4.68. The molecule has 4 aromatic rings. The van der Waals surface area contributed by atoms with E-state index < -0.39 is 0 Å². The van der Waals surface area contributed by atoms with E-state index in [1.165, 1.54) is 17.7 Å². The van der Waals surface area contributed by atoms with Crippen LogP contribution in [0.2, 0.25) is 0 Å². The third-order valence-corrected chi connectivity index (χ3v) is 7.89. The number of carbonyl (C=O) groups is 1. The van der Waals surface area contributed by atoms with Crippen molar-refractivity contribution >= 4 is 23.1 Å². The highest BCUT2D eigenvalue weighted by molar-refractivity contribution is 6.00. The molecule has 42 heavy (non-hydrogen) atoms. The second kappa shape index (κ2) is 12.5. The quantitative estimate of drug-likeness (QED) is 0.269. The smallest absolute Gasteiger partial charge is 0.246 e. The van der Waals surface area contributed by atoms with Crippen molar-refractivity contribution in [3.8, 4) is 11.5 Å². The SMILES string of the molecule is O=C(/C=C/c1ccc(C2=C(c3ccc(O)cc3)CCOc3cc(F)ccc32)cc1)N1CCN(Cc2ccccc2)CC1. The first-order chi connectivity index (χ1) is 20.5. The fourth-order valence-electron chi connectivity index (χ4n) is 5.66. The predicted octanol–water partition coefficient (Wildman–Crippen LogP) is 6.63. The summed E-state index contributed by atoms with van der Waals surface area (Å²) in [6.45, 7) is 4.46. The highest BCUT2D eigenvalue weighted by atomic mass is 19.1. The summed E-state index contributed by atoms with van der Waals surface area (Å²) >= 11 is 0. The maximum atomic E-state index is 14.1. The number of phenols is 1. The van der Waals surface area contributed by atoms with E-state index in [-0.39, 0.29) is 17.5 Å². The number of amides is 1. The molecule has 0 radical (unpaired) electrons. The summed E-state index contributed by atoms with van der Waals surface area (Å²) in [6.07, 6.45) is 4.14. The Labute approximate surface area is 245 Å². The van der Waals surface area contributed by atoms with Crippen molar-refractivity contribution < 1.29 is 19.0 Å². The van der Waals surface area contributed by atoms with Crippen LogP contribution in [0.3, 0.4) is 0 Å². The zero-order valence-electron chi connectivity index (χ0n) is 23.4. The Bertz CT molecular complexity index is 1600. The van der Waals surface area contributed by atoms with Gasteiger partial charge in [0.15, 0.2) is 0 Å². The van der Waals surface area contributed by atoms with Crippen LogP contribution in [0.4, 0.5) is 4.39 Å². The van der Waals surface area contributed by atoms with Crippen molar-refractivity contribution in [2.24, 2.45) is 0 Å². The van der Waals surface area contributed by atoms with Crippen LogP contribution in [-0.2, 0) is 11.3 Å². The molecule has 212 valence electrons. The molecular formula is C36H33FN2O3. The van der Waals surface area contributed by atoms with Crippen molar-refractivity contribution in [1.82, 2.24) is 9.80 Å². The summed E-state index contributed by atoms with van der Waals surface area (Å²) in [4.78, 5) is 17.2. The molecule has 2 aliphatic rings. The number of hydrogen-bond donors (Lipinski definition) is 1. The number of fused-ring (bicyclic) bond motifs is 1. The topological polar surface area (TPSA) is 53.0 Å². The van der Waals surface area contributed by atoms with E-state index in [2.05, 4.69) is 29.2 Å². The number of piperazine rings is 1. The number of hydrogen-bond acceptors (Lipinski definition) is 4. The van der Waals surface area contributed by atoms with Crippen molar-refractivity contribution in [3.05, 3.63) is 137 Å². The first-order valence-corrected chi connectivity index (χ1v) is 14.3. The molecule has 0 aromatic heterocycles. The van der Waals surface area contributed by atoms with E-state index in [1.807, 2.05) is 53.4 Å². The fourth-order valence-corrected chi connectivity index (χ4v) is 5.66. The average Bonchev–Trinajstić information content (AvgIpc) is 3.20. The minimum absolute atomic E-state index is 0.0210. The number of nitrogens with zero attached hydrogens (tertiary/aromatic N) is 2. The summed E-state index contributed by atoms with van der Waals surface area (Å²) in [5, 5.41) is 9.83. The third kappa shape index (κ3) is 6.29. The number of aromatic hydroxyl groups is 1. The molecule has 0 aliphatic carbocycles. The van der Waals surface area contributed by atoms with E-state index >= 15 is 0 Å². The van der Waals surface area contributed by atoms with Crippen LogP contribution >= 0.6 is 0 Å². The molecule has 6 rings (SSSR count). The molecule has 1 fully saturated rings. The molecule has 1 amide bonds. The minimum Gasteiger partial charge on any atom is -0.508 e. The summed E-state index contributed by atoms with van der Waals surface area (Å²) in [5.74, 6) is 0.391. The zero-order chi connectivity index (χ0) is 28.9. The summed E-state index contributed by atoms with van der Waals surface area (Å²) < 4.78 is 20.1. The van der Waals surface area contributed by atoms with E-state index in [9.17, 15) is 14.3 Å². The van der Waals surface area contributed by atoms with Crippen molar-refractivity contribution in [1.29, 1.82) is 0 Å². The molecule has 0 saturated carbocycles. The molecule has 0 atom stereocenters. The minimum atomic E-state index is -0.344. The number of phenolic OH excluding ortho intramolecular Hbond substituents is 1. The lowest BCUT2D eigenvalue weighted by Crippen LogP contribution is -2.47. The first kappa shape index (κ1) is 27.5. The molecule has 1 N–H and O–H groups in total. The van der Waals surface area contributed by atoms with Gasteiger partial charge in [0, 0.05) is 56.9 Å². The Balaban J connectivity index is 1.19. The van der Waals surface area contributed by atoms with Crippen molar-refractivity contribution in [2.75, 3.05) is 32.8 Å². The van der Waals surface area contributed by atoms with Gasteiger partial charge in [-0.05, 0) is 63.7 Å². The summed E-state index contributed by atoms with van der Waals surface area (Å²) in [6, 6.07) is 30.2. The standard InChI is InChI=1S/C36H33FN2O3/c37-30-13-16-33-34(24-30)42-23-18-32(28-11-14-31(40)15-12-28)36(33)29-9-6-26(7-10-29)8-17-35(41)39-21-19-38(20-22-39)25-27-4-2-1-3-5-27/h1-17,24,40H,18-23,25H2/b17-8+. The zero-order valence-corrected chi connectivity index (χ0v) is 23.4. The molecule has 1 saturated heterocycles. The van der Waals surface area contributed by atoms with Gasteiger partial charge in [0.1, 0.15) is 17.3 Å². The monoisotopic (exact) mass is 560 g/mol.